The van der Waals surface area contributed by atoms with E-state index in [1.54, 1.807) is 0 Å². The van der Waals surface area contributed by atoms with Crippen LogP contribution < -0.4 is 5.56 Å². The van der Waals surface area contributed by atoms with Gasteiger partial charge < -0.3 is 14.8 Å². The second kappa shape index (κ2) is 4.51. The Morgan fingerprint density at radius 1 is 1.28 bits per heavy atom. The van der Waals surface area contributed by atoms with Crippen molar-refractivity contribution in [1.82, 2.24) is 4.57 Å². The average Bonchev–Trinajstić information content (AvgIpc) is 2.18. The lowest BCUT2D eigenvalue weighted by Crippen LogP contribution is -2.30. The van der Waals surface area contributed by atoms with Crippen molar-refractivity contribution < 1.29 is 33.0 Å². The molecule has 0 unspecified atom stereocenters. The van der Waals surface area contributed by atoms with E-state index >= 15 is 0 Å². The molecule has 1 aromatic rings. The number of carboxylic acids is 2. The van der Waals surface area contributed by atoms with Gasteiger partial charge in [-0.05, 0) is 6.07 Å². The number of carboxylic acid groups (broad SMARTS) is 2. The monoisotopic (exact) mass is 265 g/mol. The molecule has 0 fully saturated rings. The van der Waals surface area contributed by atoms with E-state index in [-0.39, 0.29) is 16.8 Å². The molecule has 9 heteroatoms. The van der Waals surface area contributed by atoms with Crippen LogP contribution in [-0.2, 0) is 17.5 Å². The first-order chi connectivity index (χ1) is 8.12. The molecule has 0 aliphatic carbocycles. The van der Waals surface area contributed by atoms with Gasteiger partial charge in [0.1, 0.15) is 12.1 Å². The molecule has 0 aliphatic rings. The summed E-state index contributed by atoms with van der Waals surface area (Å²) >= 11 is 0. The van der Waals surface area contributed by atoms with E-state index in [9.17, 15) is 27.6 Å². The minimum atomic E-state index is -4.88. The lowest BCUT2D eigenvalue weighted by Gasteiger charge is -2.10. The molecule has 0 saturated heterocycles. The smallest absolute Gasteiger partial charge is 0.417 e. The highest BCUT2D eigenvalue weighted by molar-refractivity contribution is 5.87. The van der Waals surface area contributed by atoms with Gasteiger partial charge in [0.25, 0.3) is 5.56 Å². The van der Waals surface area contributed by atoms with Crippen LogP contribution in [0.4, 0.5) is 13.2 Å². The number of nitrogens with zero attached hydrogens (tertiary/aromatic N) is 1. The summed E-state index contributed by atoms with van der Waals surface area (Å²) < 4.78 is 37.5. The summed E-state index contributed by atoms with van der Waals surface area (Å²) in [6, 6.07) is 0.170. The van der Waals surface area contributed by atoms with Gasteiger partial charge in [-0.15, -0.1) is 0 Å². The number of hydrogen-bond acceptors (Lipinski definition) is 3. The van der Waals surface area contributed by atoms with Crippen LogP contribution in [0.2, 0.25) is 0 Å². The number of aromatic carboxylic acids is 1. The number of carbonyl (C=O) groups is 2. The summed E-state index contributed by atoms with van der Waals surface area (Å²) in [5, 5.41) is 17.0. The molecule has 0 bridgehead atoms. The molecule has 0 spiro atoms. The normalized spacial score (nSPS) is 11.3. The molecule has 0 radical (unpaired) electrons. The van der Waals surface area contributed by atoms with E-state index in [1.165, 1.54) is 0 Å². The predicted molar refractivity (Wildman–Crippen MR) is 50.3 cm³/mol. The van der Waals surface area contributed by atoms with Crippen LogP contribution in [0, 0.1) is 0 Å². The summed E-state index contributed by atoms with van der Waals surface area (Å²) in [7, 11) is 0. The van der Waals surface area contributed by atoms with E-state index in [4.69, 9.17) is 10.2 Å². The largest absolute Gasteiger partial charge is 0.480 e. The fraction of sp³-hybridized carbons (Fsp3) is 0.222. The topological polar surface area (TPSA) is 96.6 Å². The molecule has 0 aromatic carbocycles. The molecule has 1 rings (SSSR count). The van der Waals surface area contributed by atoms with Gasteiger partial charge in [0.2, 0.25) is 0 Å². The summed E-state index contributed by atoms with van der Waals surface area (Å²) in [5.74, 6) is -3.42. The number of alkyl halides is 3. The van der Waals surface area contributed by atoms with Crippen molar-refractivity contribution in [3.63, 3.8) is 0 Å². The third-order valence-corrected chi connectivity index (χ3v) is 1.95. The van der Waals surface area contributed by atoms with Gasteiger partial charge in [0, 0.05) is 6.20 Å². The fourth-order valence-electron chi connectivity index (χ4n) is 1.21. The first kappa shape index (κ1) is 13.7. The summed E-state index contributed by atoms with van der Waals surface area (Å²) in [6.07, 6.45) is -4.61. The first-order valence-corrected chi connectivity index (χ1v) is 4.39. The molecule has 1 heterocycles. The minimum Gasteiger partial charge on any atom is -0.480 e. The van der Waals surface area contributed by atoms with E-state index in [0.29, 0.717) is 0 Å². The van der Waals surface area contributed by atoms with Crippen molar-refractivity contribution in [3.05, 3.63) is 33.7 Å². The standard InChI is InChI=1S/C9H6F3NO5/c10-9(11,12)4-1-5(8(17)18)7(16)13(2-4)3-6(14)15/h1-2H,3H2,(H,14,15)(H,17,18). The first-order valence-electron chi connectivity index (χ1n) is 4.39. The molecule has 0 saturated carbocycles. The van der Waals surface area contributed by atoms with E-state index in [2.05, 4.69) is 0 Å². The Morgan fingerprint density at radius 2 is 1.83 bits per heavy atom. The molecule has 1 aromatic heterocycles. The van der Waals surface area contributed by atoms with E-state index < -0.39 is 41.3 Å². The van der Waals surface area contributed by atoms with Crippen LogP contribution in [0.25, 0.3) is 0 Å². The molecule has 2 N–H and O–H groups in total. The number of halogens is 3. The Balaban J connectivity index is 3.52. The quantitative estimate of drug-likeness (QED) is 0.836. The van der Waals surface area contributed by atoms with Crippen LogP contribution in [0.15, 0.2) is 17.1 Å². The third-order valence-electron chi connectivity index (χ3n) is 1.95. The van der Waals surface area contributed by atoms with Crippen molar-refractivity contribution in [1.29, 1.82) is 0 Å². The Bertz CT molecular complexity index is 560. The Labute approximate surface area is 96.9 Å². The zero-order chi connectivity index (χ0) is 14.1. The molecule has 0 amide bonds. The van der Waals surface area contributed by atoms with Gasteiger partial charge in [-0.3, -0.25) is 9.59 Å². The maximum atomic E-state index is 12.4. The van der Waals surface area contributed by atoms with Crippen LogP contribution in [0.5, 0.6) is 0 Å². The van der Waals surface area contributed by atoms with Crippen molar-refractivity contribution >= 4 is 11.9 Å². The second-order valence-corrected chi connectivity index (χ2v) is 3.27. The number of pyridine rings is 1. The van der Waals surface area contributed by atoms with E-state index in [1.807, 2.05) is 0 Å². The molecule has 98 valence electrons. The van der Waals surface area contributed by atoms with Crippen LogP contribution in [-0.4, -0.2) is 26.7 Å². The number of aliphatic carboxylic acids is 1. The Kier molecular flexibility index (Phi) is 3.44. The van der Waals surface area contributed by atoms with Gasteiger partial charge in [0.15, 0.2) is 0 Å². The van der Waals surface area contributed by atoms with Crippen LogP contribution in [0.1, 0.15) is 15.9 Å². The maximum absolute atomic E-state index is 12.4. The van der Waals surface area contributed by atoms with Gasteiger partial charge >= 0.3 is 18.1 Å². The van der Waals surface area contributed by atoms with Gasteiger partial charge in [-0.25, -0.2) is 4.79 Å². The highest BCUT2D eigenvalue weighted by Crippen LogP contribution is 2.28. The maximum Gasteiger partial charge on any atom is 0.417 e. The Morgan fingerprint density at radius 3 is 2.22 bits per heavy atom. The summed E-state index contributed by atoms with van der Waals surface area (Å²) in [6.45, 7) is -1.05. The van der Waals surface area contributed by atoms with Gasteiger partial charge in [0.05, 0.1) is 5.56 Å². The Hall–Kier alpha value is -2.32. The number of aromatic nitrogens is 1. The molecule has 0 atom stereocenters. The molecule has 18 heavy (non-hydrogen) atoms. The molecule has 0 aliphatic heterocycles. The molecular weight excluding hydrogens is 259 g/mol. The lowest BCUT2D eigenvalue weighted by molar-refractivity contribution is -0.140. The average molecular weight is 265 g/mol. The second-order valence-electron chi connectivity index (χ2n) is 3.27. The fourth-order valence-corrected chi connectivity index (χ4v) is 1.21. The zero-order valence-electron chi connectivity index (χ0n) is 8.56. The van der Waals surface area contributed by atoms with Crippen LogP contribution in [0.3, 0.4) is 0 Å². The zero-order valence-corrected chi connectivity index (χ0v) is 8.56. The predicted octanol–water partition coefficient (Wildman–Crippen LogP) is 0.650. The molecular formula is C9H6F3NO5. The van der Waals surface area contributed by atoms with Gasteiger partial charge in [-0.1, -0.05) is 0 Å². The number of hydrogen-bond donors (Lipinski definition) is 2. The van der Waals surface area contributed by atoms with E-state index in [0.717, 1.165) is 0 Å². The van der Waals surface area contributed by atoms with Crippen molar-refractivity contribution in [3.8, 4) is 0 Å². The minimum absolute atomic E-state index is 0.170. The van der Waals surface area contributed by atoms with Crippen molar-refractivity contribution in [2.45, 2.75) is 12.7 Å². The SMILES string of the molecule is O=C(O)Cn1cc(C(F)(F)F)cc(C(=O)O)c1=O. The highest BCUT2D eigenvalue weighted by Gasteiger charge is 2.33. The summed E-state index contributed by atoms with van der Waals surface area (Å²) in [5.41, 5.74) is -3.84. The van der Waals surface area contributed by atoms with Crippen LogP contribution >= 0.6 is 0 Å². The van der Waals surface area contributed by atoms with Gasteiger partial charge in [-0.2, -0.15) is 13.2 Å². The van der Waals surface area contributed by atoms with Crippen molar-refractivity contribution in [2.75, 3.05) is 0 Å². The number of rotatable bonds is 3. The highest BCUT2D eigenvalue weighted by atomic mass is 19.4. The lowest BCUT2D eigenvalue weighted by atomic mass is 10.2. The molecule has 6 nitrogen and oxygen atoms in total. The third kappa shape index (κ3) is 2.87. The summed E-state index contributed by atoms with van der Waals surface area (Å²) in [4.78, 5) is 32.4. The van der Waals surface area contributed by atoms with Crippen molar-refractivity contribution in [2.24, 2.45) is 0 Å².